The van der Waals surface area contributed by atoms with Gasteiger partial charge >= 0.3 is 0 Å². The number of halogens is 1. The number of rotatable bonds is 5. The summed E-state index contributed by atoms with van der Waals surface area (Å²) < 4.78 is 42.8. The molecule has 0 saturated heterocycles. The van der Waals surface area contributed by atoms with E-state index in [1.54, 1.807) is 23.7 Å². The molecule has 0 aliphatic carbocycles. The van der Waals surface area contributed by atoms with Gasteiger partial charge in [-0.15, -0.1) is 0 Å². The number of amides is 1. The zero-order valence-electron chi connectivity index (χ0n) is 19.5. The Kier molecular flexibility index (Phi) is 5.71. The van der Waals surface area contributed by atoms with Gasteiger partial charge in [0.2, 0.25) is 15.9 Å². The Morgan fingerprint density at radius 3 is 2.72 bits per heavy atom. The van der Waals surface area contributed by atoms with E-state index in [0.717, 1.165) is 11.9 Å². The molecule has 4 aromatic rings. The van der Waals surface area contributed by atoms with E-state index in [2.05, 4.69) is 30.4 Å². The first kappa shape index (κ1) is 23.5. The number of hydrogen-bond acceptors (Lipinski definition) is 8. The first-order valence-corrected chi connectivity index (χ1v) is 12.9. The van der Waals surface area contributed by atoms with Crippen molar-refractivity contribution in [1.29, 1.82) is 0 Å². The van der Waals surface area contributed by atoms with Gasteiger partial charge in [0, 0.05) is 53.6 Å². The van der Waals surface area contributed by atoms with Crippen LogP contribution in [0.1, 0.15) is 11.3 Å². The lowest BCUT2D eigenvalue weighted by Crippen LogP contribution is -2.25. The third-order valence-corrected chi connectivity index (χ3v) is 6.51. The van der Waals surface area contributed by atoms with Crippen LogP contribution in [0.2, 0.25) is 0 Å². The van der Waals surface area contributed by atoms with Gasteiger partial charge < -0.3 is 16.4 Å². The lowest BCUT2D eigenvalue weighted by molar-refractivity contribution is -0.121. The maximum atomic E-state index is 15.3. The van der Waals surface area contributed by atoms with Crippen molar-refractivity contribution in [3.05, 3.63) is 53.9 Å². The molecule has 186 valence electrons. The fourth-order valence-electron chi connectivity index (χ4n) is 4.17. The van der Waals surface area contributed by atoms with Crippen molar-refractivity contribution < 1.29 is 17.6 Å². The highest BCUT2D eigenvalue weighted by Gasteiger charge is 2.19. The molecule has 4 heterocycles. The van der Waals surface area contributed by atoms with Crippen molar-refractivity contribution in [2.45, 2.75) is 19.9 Å². The molecule has 1 aromatic carbocycles. The summed E-state index contributed by atoms with van der Waals surface area (Å²) >= 11 is 0. The predicted molar refractivity (Wildman–Crippen MR) is 135 cm³/mol. The highest BCUT2D eigenvalue weighted by atomic mass is 32.2. The first-order valence-electron chi connectivity index (χ1n) is 11.0. The second-order valence-corrected chi connectivity index (χ2v) is 10.3. The van der Waals surface area contributed by atoms with Gasteiger partial charge in [0.25, 0.3) is 0 Å². The summed E-state index contributed by atoms with van der Waals surface area (Å²) in [6.07, 6.45) is 5.99. The monoisotopic (exact) mass is 510 g/mol. The second kappa shape index (κ2) is 8.75. The molecule has 1 aliphatic rings. The largest absolute Gasteiger partial charge is 0.396 e. The lowest BCUT2D eigenvalue weighted by atomic mass is 9.97. The number of hydrogen-bond donors (Lipinski definition) is 4. The summed E-state index contributed by atoms with van der Waals surface area (Å²) in [5, 5.41) is 11.4. The summed E-state index contributed by atoms with van der Waals surface area (Å²) in [5.74, 6) is 0.237. The van der Waals surface area contributed by atoms with E-state index >= 15 is 4.39 Å². The molecule has 36 heavy (non-hydrogen) atoms. The minimum absolute atomic E-state index is 0.0813. The zero-order valence-corrected chi connectivity index (χ0v) is 20.3. The Bertz CT molecular complexity index is 1630. The molecule has 1 aliphatic heterocycles. The predicted octanol–water partition coefficient (Wildman–Crippen LogP) is 2.31. The highest BCUT2D eigenvalue weighted by molar-refractivity contribution is 7.92. The number of nitrogens with zero attached hydrogens (tertiary/aromatic N) is 4. The topological polar surface area (TPSA) is 157 Å². The van der Waals surface area contributed by atoms with Crippen molar-refractivity contribution in [2.75, 3.05) is 28.6 Å². The number of anilines is 4. The number of aromatic nitrogens is 4. The van der Waals surface area contributed by atoms with E-state index in [-0.39, 0.29) is 29.4 Å². The smallest absolute Gasteiger partial charge is 0.241 e. The normalized spacial score (nSPS) is 13.7. The standard InChI is InChI=1S/C23H23FN8O3S/c1-12-16(8-26-10-18(12)31-36(2,34)35)15-5-13-6-19(28-9-17(13)23(25)22(15)24)29-20-7-14-3-4-27-21(33)11-32(14)30-20/h5-10,31H,3-4,11,25H2,1-2H3,(H,27,33)(H,28,29,30). The molecule has 3 aromatic heterocycles. The Morgan fingerprint density at radius 2 is 1.94 bits per heavy atom. The SMILES string of the molecule is Cc1c(NS(C)(=O)=O)cncc1-c1cc2cc(Nc3cc4n(n3)CC(=O)NCC4)ncc2c(N)c1F. The van der Waals surface area contributed by atoms with Gasteiger partial charge in [-0.05, 0) is 30.0 Å². The van der Waals surface area contributed by atoms with Crippen molar-refractivity contribution in [3.63, 3.8) is 0 Å². The Labute approximate surface area is 206 Å². The van der Waals surface area contributed by atoms with Gasteiger partial charge in [0.15, 0.2) is 11.6 Å². The molecule has 0 radical (unpaired) electrons. The molecule has 0 atom stereocenters. The summed E-state index contributed by atoms with van der Waals surface area (Å²) in [7, 11) is -3.55. The minimum atomic E-state index is -3.55. The number of fused-ring (bicyclic) bond motifs is 2. The number of carbonyl (C=O) groups is 1. The van der Waals surface area contributed by atoms with Gasteiger partial charge in [-0.2, -0.15) is 5.10 Å². The Hall–Kier alpha value is -4.26. The lowest BCUT2D eigenvalue weighted by Gasteiger charge is -2.15. The number of nitrogens with one attached hydrogen (secondary N) is 3. The van der Waals surface area contributed by atoms with Gasteiger partial charge in [0.1, 0.15) is 12.4 Å². The molecular weight excluding hydrogens is 487 g/mol. The molecular formula is C23H23FN8O3S. The molecule has 0 saturated carbocycles. The van der Waals surface area contributed by atoms with Crippen LogP contribution >= 0.6 is 0 Å². The fourth-order valence-corrected chi connectivity index (χ4v) is 4.77. The van der Waals surface area contributed by atoms with Crippen LogP contribution in [0, 0.1) is 12.7 Å². The Morgan fingerprint density at radius 1 is 1.14 bits per heavy atom. The van der Waals surface area contributed by atoms with Gasteiger partial charge in [-0.1, -0.05) is 0 Å². The van der Waals surface area contributed by atoms with Crippen molar-refractivity contribution in [2.24, 2.45) is 0 Å². The van der Waals surface area contributed by atoms with Crippen LogP contribution in [0.5, 0.6) is 0 Å². The van der Waals surface area contributed by atoms with Crippen LogP contribution in [0.25, 0.3) is 21.9 Å². The van der Waals surface area contributed by atoms with Crippen molar-refractivity contribution >= 4 is 49.7 Å². The summed E-state index contributed by atoms with van der Waals surface area (Å²) in [6.45, 7) is 2.36. The van der Waals surface area contributed by atoms with Crippen molar-refractivity contribution in [3.8, 4) is 11.1 Å². The molecule has 11 nitrogen and oxygen atoms in total. The van der Waals surface area contributed by atoms with Crippen LogP contribution in [0.4, 0.5) is 27.4 Å². The highest BCUT2D eigenvalue weighted by Crippen LogP contribution is 2.36. The van der Waals surface area contributed by atoms with E-state index in [9.17, 15) is 13.2 Å². The second-order valence-electron chi connectivity index (χ2n) is 8.58. The van der Waals surface area contributed by atoms with Crippen LogP contribution in [-0.4, -0.2) is 46.9 Å². The average molecular weight is 511 g/mol. The first-order chi connectivity index (χ1) is 17.1. The van der Waals surface area contributed by atoms with E-state index in [1.165, 1.54) is 18.6 Å². The van der Waals surface area contributed by atoms with Crippen LogP contribution in [-0.2, 0) is 27.8 Å². The summed E-state index contributed by atoms with van der Waals surface area (Å²) in [4.78, 5) is 20.2. The zero-order chi connectivity index (χ0) is 25.6. The number of carbonyl (C=O) groups excluding carboxylic acids is 1. The molecule has 5 N–H and O–H groups in total. The van der Waals surface area contributed by atoms with E-state index in [0.29, 0.717) is 46.5 Å². The molecule has 0 fully saturated rings. The maximum absolute atomic E-state index is 15.3. The molecule has 0 spiro atoms. The molecule has 5 rings (SSSR count). The number of sulfonamides is 1. The van der Waals surface area contributed by atoms with Crippen LogP contribution < -0.4 is 21.1 Å². The summed E-state index contributed by atoms with van der Waals surface area (Å²) in [5.41, 5.74) is 8.29. The third kappa shape index (κ3) is 4.52. The number of benzene rings is 1. The molecule has 0 bridgehead atoms. The van der Waals surface area contributed by atoms with Crippen LogP contribution in [0.3, 0.4) is 0 Å². The van der Waals surface area contributed by atoms with Crippen LogP contribution in [0.15, 0.2) is 36.8 Å². The molecule has 0 unspecified atom stereocenters. The van der Waals surface area contributed by atoms with Gasteiger partial charge in [0.05, 0.1) is 23.8 Å². The quantitative estimate of drug-likeness (QED) is 0.298. The van der Waals surface area contributed by atoms with Gasteiger partial charge in [-0.3, -0.25) is 19.2 Å². The van der Waals surface area contributed by atoms with E-state index in [4.69, 9.17) is 5.73 Å². The molecule has 13 heteroatoms. The third-order valence-electron chi connectivity index (χ3n) is 5.92. The molecule has 1 amide bonds. The average Bonchev–Trinajstić information content (AvgIpc) is 3.08. The van der Waals surface area contributed by atoms with E-state index in [1.807, 2.05) is 6.07 Å². The maximum Gasteiger partial charge on any atom is 0.241 e. The summed E-state index contributed by atoms with van der Waals surface area (Å²) in [6, 6.07) is 5.19. The fraction of sp³-hybridized carbons (Fsp3) is 0.217. The minimum Gasteiger partial charge on any atom is -0.396 e. The number of nitrogens with two attached hydrogens (primary N) is 1. The number of nitrogen functional groups attached to an aromatic ring is 1. The van der Waals surface area contributed by atoms with E-state index < -0.39 is 15.8 Å². The number of pyridine rings is 2. The Balaban J connectivity index is 1.53. The van der Waals surface area contributed by atoms with Crippen molar-refractivity contribution in [1.82, 2.24) is 25.1 Å². The van der Waals surface area contributed by atoms with Gasteiger partial charge in [-0.25, -0.2) is 17.8 Å².